The van der Waals surface area contributed by atoms with E-state index in [1.807, 2.05) is 6.07 Å². The molecule has 0 saturated heterocycles. The van der Waals surface area contributed by atoms with Crippen molar-refractivity contribution in [1.82, 2.24) is 15.2 Å². The van der Waals surface area contributed by atoms with Crippen LogP contribution in [0.4, 0.5) is 5.95 Å². The smallest absolute Gasteiger partial charge is 0.261 e. The van der Waals surface area contributed by atoms with Crippen molar-refractivity contribution in [2.75, 3.05) is 4.72 Å². The van der Waals surface area contributed by atoms with Gasteiger partial charge in [-0.2, -0.15) is 10.2 Å². The van der Waals surface area contributed by atoms with Crippen LogP contribution < -0.4 is 4.72 Å². The van der Waals surface area contributed by atoms with Crippen LogP contribution in [0.25, 0.3) is 0 Å². The SMILES string of the molecule is Cc1nc(NS(=O)(=O)c2ccc(C#N)cc2C)n[nH]1. The number of nitrogens with one attached hydrogen (secondary N) is 2. The van der Waals surface area contributed by atoms with E-state index in [9.17, 15) is 8.42 Å². The molecule has 2 rings (SSSR count). The van der Waals surface area contributed by atoms with E-state index < -0.39 is 10.0 Å². The number of aryl methyl sites for hydroxylation is 2. The molecule has 0 unspecified atom stereocenters. The zero-order valence-corrected chi connectivity index (χ0v) is 11.1. The lowest BCUT2D eigenvalue weighted by Crippen LogP contribution is -2.15. The van der Waals surface area contributed by atoms with Crippen molar-refractivity contribution in [3.63, 3.8) is 0 Å². The highest BCUT2D eigenvalue weighted by Crippen LogP contribution is 2.18. The summed E-state index contributed by atoms with van der Waals surface area (Å²) in [5.41, 5.74) is 0.893. The lowest BCUT2D eigenvalue weighted by atomic mass is 10.2. The Balaban J connectivity index is 2.37. The molecular weight excluding hydrogens is 266 g/mol. The number of benzene rings is 1. The molecule has 0 fully saturated rings. The third-order valence-electron chi connectivity index (χ3n) is 2.42. The fourth-order valence-corrected chi connectivity index (χ4v) is 2.76. The summed E-state index contributed by atoms with van der Waals surface area (Å²) >= 11 is 0. The average Bonchev–Trinajstić information content (AvgIpc) is 2.73. The Kier molecular flexibility index (Phi) is 3.23. The fourth-order valence-electron chi connectivity index (χ4n) is 1.58. The summed E-state index contributed by atoms with van der Waals surface area (Å²) in [7, 11) is -3.76. The lowest BCUT2D eigenvalue weighted by Gasteiger charge is -2.07. The molecule has 2 N–H and O–H groups in total. The summed E-state index contributed by atoms with van der Waals surface area (Å²) < 4.78 is 26.6. The van der Waals surface area contributed by atoms with E-state index in [1.54, 1.807) is 13.8 Å². The summed E-state index contributed by atoms with van der Waals surface area (Å²) in [5.74, 6) is 0.496. The van der Waals surface area contributed by atoms with Crippen LogP contribution in [0.2, 0.25) is 0 Å². The molecule has 19 heavy (non-hydrogen) atoms. The maximum atomic E-state index is 12.1. The summed E-state index contributed by atoms with van der Waals surface area (Å²) in [4.78, 5) is 3.97. The number of anilines is 1. The van der Waals surface area contributed by atoms with Crippen molar-refractivity contribution < 1.29 is 8.42 Å². The predicted octanol–water partition coefficient (Wildman–Crippen LogP) is 1.09. The molecule has 7 nitrogen and oxygen atoms in total. The molecule has 0 aliphatic carbocycles. The number of aromatic nitrogens is 3. The highest BCUT2D eigenvalue weighted by molar-refractivity contribution is 7.92. The molecule has 0 spiro atoms. The van der Waals surface area contributed by atoms with Crippen molar-refractivity contribution in [2.45, 2.75) is 18.7 Å². The van der Waals surface area contributed by atoms with Gasteiger partial charge in [0.05, 0.1) is 16.5 Å². The molecule has 0 atom stereocenters. The maximum Gasteiger partial charge on any atom is 0.264 e. The summed E-state index contributed by atoms with van der Waals surface area (Å²) in [6.45, 7) is 3.29. The Labute approximate surface area is 110 Å². The van der Waals surface area contributed by atoms with Gasteiger partial charge in [0, 0.05) is 0 Å². The van der Waals surface area contributed by atoms with Gasteiger partial charge in [-0.15, -0.1) is 5.10 Å². The van der Waals surface area contributed by atoms with Crippen molar-refractivity contribution in [1.29, 1.82) is 5.26 Å². The van der Waals surface area contributed by atoms with Crippen molar-refractivity contribution in [2.24, 2.45) is 0 Å². The van der Waals surface area contributed by atoms with E-state index in [0.717, 1.165) is 0 Å². The molecular formula is C11H11N5O2S. The standard InChI is InChI=1S/C11H11N5O2S/c1-7-5-9(6-12)3-4-10(7)19(17,18)16-11-13-8(2)14-15-11/h3-5H,1-2H3,(H2,13,14,15,16). The number of nitrogens with zero attached hydrogens (tertiary/aromatic N) is 3. The van der Waals surface area contributed by atoms with Gasteiger partial charge in [0.25, 0.3) is 16.0 Å². The van der Waals surface area contributed by atoms with Crippen LogP contribution in [0.3, 0.4) is 0 Å². The molecule has 0 radical (unpaired) electrons. The largest absolute Gasteiger partial charge is 0.264 e. The molecule has 0 bridgehead atoms. The Morgan fingerprint density at radius 1 is 1.37 bits per heavy atom. The normalized spacial score (nSPS) is 11.0. The summed E-state index contributed by atoms with van der Waals surface area (Å²) in [5, 5.41) is 15.0. The first kappa shape index (κ1) is 13.0. The van der Waals surface area contributed by atoms with Gasteiger partial charge in [-0.3, -0.25) is 5.10 Å². The number of rotatable bonds is 3. The number of sulfonamides is 1. The minimum Gasteiger partial charge on any atom is -0.261 e. The third kappa shape index (κ3) is 2.71. The third-order valence-corrected chi connectivity index (χ3v) is 3.90. The zero-order chi connectivity index (χ0) is 14.0. The first-order chi connectivity index (χ1) is 8.92. The van der Waals surface area contributed by atoms with Crippen LogP contribution in [0.15, 0.2) is 23.1 Å². The first-order valence-electron chi connectivity index (χ1n) is 5.35. The van der Waals surface area contributed by atoms with Crippen molar-refractivity contribution >= 4 is 16.0 Å². The van der Waals surface area contributed by atoms with Crippen LogP contribution >= 0.6 is 0 Å². The van der Waals surface area contributed by atoms with E-state index in [1.165, 1.54) is 18.2 Å². The molecule has 0 amide bonds. The van der Waals surface area contributed by atoms with E-state index in [0.29, 0.717) is 17.0 Å². The van der Waals surface area contributed by atoms with E-state index in [-0.39, 0.29) is 10.8 Å². The highest BCUT2D eigenvalue weighted by atomic mass is 32.2. The van der Waals surface area contributed by atoms with E-state index in [2.05, 4.69) is 19.9 Å². The van der Waals surface area contributed by atoms with Gasteiger partial charge >= 0.3 is 0 Å². The van der Waals surface area contributed by atoms with Crippen LogP contribution in [0, 0.1) is 25.2 Å². The van der Waals surface area contributed by atoms with Gasteiger partial charge in [-0.25, -0.2) is 13.1 Å². The Morgan fingerprint density at radius 2 is 2.11 bits per heavy atom. The minimum atomic E-state index is -3.76. The topological polar surface area (TPSA) is 112 Å². The highest BCUT2D eigenvalue weighted by Gasteiger charge is 2.18. The van der Waals surface area contributed by atoms with Crippen LogP contribution in [0.5, 0.6) is 0 Å². The number of nitriles is 1. The number of H-pyrrole nitrogens is 1. The van der Waals surface area contributed by atoms with Gasteiger partial charge in [0.15, 0.2) is 0 Å². The summed E-state index contributed by atoms with van der Waals surface area (Å²) in [6, 6.07) is 6.30. The number of aromatic amines is 1. The van der Waals surface area contributed by atoms with Gasteiger partial charge in [0.1, 0.15) is 5.82 Å². The van der Waals surface area contributed by atoms with E-state index in [4.69, 9.17) is 5.26 Å². The molecule has 0 aliphatic rings. The second kappa shape index (κ2) is 4.70. The first-order valence-corrected chi connectivity index (χ1v) is 6.83. The summed E-state index contributed by atoms with van der Waals surface area (Å²) in [6.07, 6.45) is 0. The monoisotopic (exact) mass is 277 g/mol. The van der Waals surface area contributed by atoms with Gasteiger partial charge < -0.3 is 0 Å². The number of hydrogen-bond donors (Lipinski definition) is 2. The molecule has 98 valence electrons. The predicted molar refractivity (Wildman–Crippen MR) is 67.8 cm³/mol. The van der Waals surface area contributed by atoms with Crippen LogP contribution in [0.1, 0.15) is 17.0 Å². The van der Waals surface area contributed by atoms with Crippen molar-refractivity contribution in [3.05, 3.63) is 35.2 Å². The molecule has 1 heterocycles. The van der Waals surface area contributed by atoms with Crippen LogP contribution in [-0.4, -0.2) is 23.6 Å². The number of hydrogen-bond acceptors (Lipinski definition) is 5. The van der Waals surface area contributed by atoms with Crippen molar-refractivity contribution in [3.8, 4) is 6.07 Å². The molecule has 8 heteroatoms. The van der Waals surface area contributed by atoms with Crippen LogP contribution in [-0.2, 0) is 10.0 Å². The lowest BCUT2D eigenvalue weighted by molar-refractivity contribution is 0.600. The van der Waals surface area contributed by atoms with Gasteiger partial charge in [-0.1, -0.05) is 0 Å². The molecule has 1 aromatic carbocycles. The van der Waals surface area contributed by atoms with Gasteiger partial charge in [-0.05, 0) is 37.6 Å². The molecule has 2 aromatic rings. The Bertz CT molecular complexity index is 758. The average molecular weight is 277 g/mol. The Hall–Kier alpha value is -2.40. The quantitative estimate of drug-likeness (QED) is 0.872. The minimum absolute atomic E-state index is 0.0127. The van der Waals surface area contributed by atoms with Gasteiger partial charge in [0.2, 0.25) is 0 Å². The molecule has 0 saturated carbocycles. The second-order valence-corrected chi connectivity index (χ2v) is 5.59. The molecule has 1 aromatic heterocycles. The van der Waals surface area contributed by atoms with E-state index >= 15 is 0 Å². The second-order valence-electron chi connectivity index (χ2n) is 3.94. The zero-order valence-electron chi connectivity index (χ0n) is 10.3. The Morgan fingerprint density at radius 3 is 2.63 bits per heavy atom. The fraction of sp³-hybridized carbons (Fsp3) is 0.182. The molecule has 0 aliphatic heterocycles. The maximum absolute atomic E-state index is 12.1.